The summed E-state index contributed by atoms with van der Waals surface area (Å²) in [6.07, 6.45) is 1.41. The highest BCUT2D eigenvalue weighted by molar-refractivity contribution is 5.95. The molecule has 1 amide bonds. The van der Waals surface area contributed by atoms with Crippen LogP contribution in [0.5, 0.6) is 5.75 Å². The van der Waals surface area contributed by atoms with Crippen molar-refractivity contribution in [1.82, 2.24) is 5.32 Å². The molecule has 0 saturated heterocycles. The van der Waals surface area contributed by atoms with E-state index in [0.717, 1.165) is 18.9 Å². The molecule has 7 heteroatoms. The first-order valence-electron chi connectivity index (χ1n) is 6.31. The first-order valence-corrected chi connectivity index (χ1v) is 6.31. The van der Waals surface area contributed by atoms with E-state index in [1.807, 2.05) is 0 Å². The standard InChI is InChI=1S/C13H16N2O5/c1-20-12-5-4-9(6-10(12)15(18)19)13(17)14-7-11(16)8-2-3-8/h4-6,8,11,16H,2-3,7H2,1H3,(H,14,17). The van der Waals surface area contributed by atoms with E-state index in [1.54, 1.807) is 0 Å². The largest absolute Gasteiger partial charge is 0.490 e. The van der Waals surface area contributed by atoms with E-state index in [9.17, 15) is 20.0 Å². The fourth-order valence-electron chi connectivity index (χ4n) is 1.92. The maximum Gasteiger partial charge on any atom is 0.311 e. The lowest BCUT2D eigenvalue weighted by atomic mass is 10.1. The molecule has 0 spiro atoms. The van der Waals surface area contributed by atoms with E-state index in [2.05, 4.69) is 5.32 Å². The summed E-state index contributed by atoms with van der Waals surface area (Å²) in [4.78, 5) is 22.2. The average Bonchev–Trinajstić information content (AvgIpc) is 3.28. The van der Waals surface area contributed by atoms with Crippen molar-refractivity contribution in [3.05, 3.63) is 33.9 Å². The average molecular weight is 280 g/mol. The number of methoxy groups -OCH3 is 1. The second-order valence-electron chi connectivity index (χ2n) is 4.76. The van der Waals surface area contributed by atoms with Gasteiger partial charge in [0.2, 0.25) is 0 Å². The van der Waals surface area contributed by atoms with Crippen molar-refractivity contribution in [2.24, 2.45) is 5.92 Å². The predicted octanol–water partition coefficient (Wildman–Crippen LogP) is 1.10. The van der Waals surface area contributed by atoms with E-state index in [1.165, 1.54) is 19.2 Å². The van der Waals surface area contributed by atoms with Crippen molar-refractivity contribution < 1.29 is 19.6 Å². The number of amides is 1. The number of aliphatic hydroxyl groups excluding tert-OH is 1. The zero-order valence-electron chi connectivity index (χ0n) is 11.0. The Morgan fingerprint density at radius 2 is 2.30 bits per heavy atom. The molecule has 108 valence electrons. The predicted molar refractivity (Wildman–Crippen MR) is 70.7 cm³/mol. The minimum atomic E-state index is -0.603. The lowest BCUT2D eigenvalue weighted by Crippen LogP contribution is -2.33. The quantitative estimate of drug-likeness (QED) is 0.600. The zero-order chi connectivity index (χ0) is 14.7. The number of nitro groups is 1. The van der Waals surface area contributed by atoms with Gasteiger partial charge < -0.3 is 15.2 Å². The molecule has 1 aromatic rings. The fourth-order valence-corrected chi connectivity index (χ4v) is 1.92. The van der Waals surface area contributed by atoms with Gasteiger partial charge in [0.15, 0.2) is 5.75 Å². The van der Waals surface area contributed by atoms with Crippen molar-refractivity contribution in [2.45, 2.75) is 18.9 Å². The van der Waals surface area contributed by atoms with E-state index in [4.69, 9.17) is 4.74 Å². The first-order chi connectivity index (χ1) is 9.52. The highest BCUT2D eigenvalue weighted by atomic mass is 16.6. The number of nitrogens with zero attached hydrogens (tertiary/aromatic N) is 1. The monoisotopic (exact) mass is 280 g/mol. The van der Waals surface area contributed by atoms with Crippen LogP contribution in [0.3, 0.4) is 0 Å². The minimum absolute atomic E-state index is 0.101. The van der Waals surface area contributed by atoms with Gasteiger partial charge in [-0.3, -0.25) is 14.9 Å². The van der Waals surface area contributed by atoms with Gasteiger partial charge in [0.1, 0.15) is 0 Å². The SMILES string of the molecule is COc1ccc(C(=O)NCC(O)C2CC2)cc1[N+](=O)[O-]. The van der Waals surface area contributed by atoms with Gasteiger partial charge in [0, 0.05) is 18.2 Å². The Morgan fingerprint density at radius 1 is 1.60 bits per heavy atom. The van der Waals surface area contributed by atoms with Crippen molar-refractivity contribution in [3.8, 4) is 5.75 Å². The molecule has 0 heterocycles. The van der Waals surface area contributed by atoms with E-state index in [-0.39, 0.29) is 29.5 Å². The van der Waals surface area contributed by atoms with Gasteiger partial charge in [0.05, 0.1) is 18.1 Å². The number of nitrogens with one attached hydrogen (secondary N) is 1. The molecule has 0 bridgehead atoms. The summed E-state index contributed by atoms with van der Waals surface area (Å²) < 4.78 is 4.87. The van der Waals surface area contributed by atoms with Crippen LogP contribution in [-0.2, 0) is 0 Å². The van der Waals surface area contributed by atoms with Crippen molar-refractivity contribution >= 4 is 11.6 Å². The Morgan fingerprint density at radius 3 is 2.85 bits per heavy atom. The summed E-state index contributed by atoms with van der Waals surface area (Å²) in [5.74, 6) is -0.0829. The Kier molecular flexibility index (Phi) is 4.19. The van der Waals surface area contributed by atoms with E-state index in [0.29, 0.717) is 0 Å². The van der Waals surface area contributed by atoms with Crippen LogP contribution in [-0.4, -0.2) is 35.7 Å². The molecule has 0 aromatic heterocycles. The van der Waals surface area contributed by atoms with Gasteiger partial charge in [-0.1, -0.05) is 0 Å². The van der Waals surface area contributed by atoms with Gasteiger partial charge >= 0.3 is 5.69 Å². The molecule has 20 heavy (non-hydrogen) atoms. The normalized spacial score (nSPS) is 15.5. The molecule has 2 rings (SSSR count). The third-order valence-corrected chi connectivity index (χ3v) is 3.28. The Labute approximate surface area is 115 Å². The molecule has 1 fully saturated rings. The number of carbonyl (C=O) groups is 1. The molecule has 0 radical (unpaired) electrons. The minimum Gasteiger partial charge on any atom is -0.490 e. The van der Waals surface area contributed by atoms with Gasteiger partial charge in [-0.25, -0.2) is 0 Å². The molecule has 0 aliphatic heterocycles. The molecule has 1 unspecified atom stereocenters. The summed E-state index contributed by atoms with van der Waals surface area (Å²) in [7, 11) is 1.33. The summed E-state index contributed by atoms with van der Waals surface area (Å²) in [6.45, 7) is 0.156. The van der Waals surface area contributed by atoms with Gasteiger partial charge in [-0.2, -0.15) is 0 Å². The Hall–Kier alpha value is -2.15. The van der Waals surface area contributed by atoms with Crippen LogP contribution in [0.2, 0.25) is 0 Å². The van der Waals surface area contributed by atoms with Crippen LogP contribution in [0, 0.1) is 16.0 Å². The lowest BCUT2D eigenvalue weighted by molar-refractivity contribution is -0.385. The maximum absolute atomic E-state index is 11.9. The number of hydrogen-bond donors (Lipinski definition) is 2. The third kappa shape index (κ3) is 3.24. The number of nitro benzene ring substituents is 1. The molecule has 1 saturated carbocycles. The summed E-state index contributed by atoms with van der Waals surface area (Å²) in [5.41, 5.74) is -0.0941. The number of aliphatic hydroxyl groups is 1. The highest BCUT2D eigenvalue weighted by Crippen LogP contribution is 2.32. The summed E-state index contributed by atoms with van der Waals surface area (Å²) in [6, 6.07) is 3.99. The van der Waals surface area contributed by atoms with Crippen LogP contribution < -0.4 is 10.1 Å². The van der Waals surface area contributed by atoms with Crippen molar-refractivity contribution in [1.29, 1.82) is 0 Å². The molecule has 1 aliphatic carbocycles. The van der Waals surface area contributed by atoms with Crippen LogP contribution >= 0.6 is 0 Å². The Bertz CT molecular complexity index is 527. The van der Waals surface area contributed by atoms with Crippen LogP contribution in [0.1, 0.15) is 23.2 Å². The topological polar surface area (TPSA) is 102 Å². The van der Waals surface area contributed by atoms with Crippen molar-refractivity contribution in [3.63, 3.8) is 0 Å². The summed E-state index contributed by atoms with van der Waals surface area (Å²) in [5, 5.41) is 23.1. The lowest BCUT2D eigenvalue weighted by Gasteiger charge is -2.11. The number of ether oxygens (including phenoxy) is 1. The zero-order valence-corrected chi connectivity index (χ0v) is 11.0. The fraction of sp³-hybridized carbons (Fsp3) is 0.462. The summed E-state index contributed by atoms with van der Waals surface area (Å²) >= 11 is 0. The van der Waals surface area contributed by atoms with E-state index < -0.39 is 16.9 Å². The van der Waals surface area contributed by atoms with Crippen molar-refractivity contribution in [2.75, 3.05) is 13.7 Å². The number of benzene rings is 1. The van der Waals surface area contributed by atoms with Crippen LogP contribution in [0.4, 0.5) is 5.69 Å². The second-order valence-corrected chi connectivity index (χ2v) is 4.76. The third-order valence-electron chi connectivity index (χ3n) is 3.28. The number of hydrogen-bond acceptors (Lipinski definition) is 5. The Balaban J connectivity index is 2.05. The molecular weight excluding hydrogens is 264 g/mol. The van der Waals surface area contributed by atoms with Gasteiger partial charge in [-0.15, -0.1) is 0 Å². The van der Waals surface area contributed by atoms with Crippen LogP contribution in [0.25, 0.3) is 0 Å². The first kappa shape index (κ1) is 14.3. The molecule has 1 aliphatic rings. The molecule has 2 N–H and O–H groups in total. The molecular formula is C13H16N2O5. The van der Waals surface area contributed by atoms with Gasteiger partial charge in [0.25, 0.3) is 5.91 Å². The molecule has 7 nitrogen and oxygen atoms in total. The number of rotatable bonds is 6. The van der Waals surface area contributed by atoms with Gasteiger partial charge in [-0.05, 0) is 30.9 Å². The van der Waals surface area contributed by atoms with E-state index >= 15 is 0 Å². The highest BCUT2D eigenvalue weighted by Gasteiger charge is 2.29. The smallest absolute Gasteiger partial charge is 0.311 e. The number of carbonyl (C=O) groups excluding carboxylic acids is 1. The van der Waals surface area contributed by atoms with Crippen LogP contribution in [0.15, 0.2) is 18.2 Å². The second kappa shape index (κ2) is 5.87. The molecule has 1 atom stereocenters. The molecule has 1 aromatic carbocycles. The maximum atomic E-state index is 11.9.